The Labute approximate surface area is 182 Å². The predicted molar refractivity (Wildman–Crippen MR) is 129 cm³/mol. The maximum absolute atomic E-state index is 5.23. The molecule has 0 radical (unpaired) electrons. The lowest BCUT2D eigenvalue weighted by molar-refractivity contribution is 0.414. The summed E-state index contributed by atoms with van der Waals surface area (Å²) in [5.41, 5.74) is 5.86. The normalized spacial score (nSPS) is 13.5. The lowest BCUT2D eigenvalue weighted by Crippen LogP contribution is -2.01. The highest BCUT2D eigenvalue weighted by Gasteiger charge is 2.10. The highest BCUT2D eigenvalue weighted by molar-refractivity contribution is 6.18. The summed E-state index contributed by atoms with van der Waals surface area (Å²) in [5, 5.41) is 0. The molecule has 0 fully saturated rings. The van der Waals surface area contributed by atoms with Gasteiger partial charge in [-0.3, -0.25) is 9.98 Å². The van der Waals surface area contributed by atoms with Gasteiger partial charge >= 0.3 is 0 Å². The zero-order valence-electron chi connectivity index (χ0n) is 17.7. The molecule has 4 heteroatoms. The Morgan fingerprint density at radius 3 is 1.39 bits per heavy atom. The highest BCUT2D eigenvalue weighted by Crippen LogP contribution is 2.31. The average molecular weight is 409 g/mol. The maximum Gasteiger partial charge on any atom is 0.118 e. The number of rotatable bonds is 6. The van der Waals surface area contributed by atoms with Crippen molar-refractivity contribution in [2.45, 2.75) is 6.42 Å². The average Bonchev–Trinajstić information content (AvgIpc) is 3.01. The molecule has 0 saturated carbocycles. The van der Waals surface area contributed by atoms with Crippen LogP contribution in [0.15, 0.2) is 94.9 Å². The van der Waals surface area contributed by atoms with Crippen molar-refractivity contribution in [1.29, 1.82) is 0 Å². The Bertz CT molecular complexity index is 1060. The second-order valence-corrected chi connectivity index (χ2v) is 7.08. The summed E-state index contributed by atoms with van der Waals surface area (Å²) < 4.78 is 10.5. The molecule has 31 heavy (non-hydrogen) atoms. The molecule has 0 spiro atoms. The molecule has 0 aromatic heterocycles. The molecule has 1 aliphatic rings. The molecule has 0 N–H and O–H groups in total. The van der Waals surface area contributed by atoms with Crippen molar-refractivity contribution in [2.24, 2.45) is 9.98 Å². The number of hydrogen-bond donors (Lipinski definition) is 0. The third kappa shape index (κ3) is 5.37. The number of ether oxygens (including phenoxy) is 2. The first-order valence-electron chi connectivity index (χ1n) is 10.1. The van der Waals surface area contributed by atoms with Crippen LogP contribution < -0.4 is 9.47 Å². The van der Waals surface area contributed by atoms with E-state index in [1.165, 1.54) is 0 Å². The zero-order chi connectivity index (χ0) is 21.5. The number of para-hydroxylation sites is 2. The summed E-state index contributed by atoms with van der Waals surface area (Å²) in [4.78, 5) is 9.71. The van der Waals surface area contributed by atoms with Crippen LogP contribution in [0.25, 0.3) is 12.2 Å². The smallest absolute Gasteiger partial charge is 0.118 e. The van der Waals surface area contributed by atoms with E-state index in [1.807, 2.05) is 72.8 Å². The topological polar surface area (TPSA) is 43.2 Å². The van der Waals surface area contributed by atoms with E-state index in [9.17, 15) is 0 Å². The largest absolute Gasteiger partial charge is 0.497 e. The summed E-state index contributed by atoms with van der Waals surface area (Å²) in [5.74, 6) is 1.69. The summed E-state index contributed by atoms with van der Waals surface area (Å²) in [6, 6.07) is 23.9. The predicted octanol–water partition coefficient (Wildman–Crippen LogP) is 6.68. The van der Waals surface area contributed by atoms with Crippen LogP contribution in [0.4, 0.5) is 11.4 Å². The molecule has 1 heterocycles. The number of allylic oxidation sites excluding steroid dienone is 2. The van der Waals surface area contributed by atoms with Crippen molar-refractivity contribution in [3.8, 4) is 11.5 Å². The number of fused-ring (bicyclic) bond motifs is 1. The lowest BCUT2D eigenvalue weighted by atomic mass is 10.1. The third-order valence-electron chi connectivity index (χ3n) is 4.94. The Morgan fingerprint density at radius 1 is 0.581 bits per heavy atom. The quantitative estimate of drug-likeness (QED) is 0.457. The van der Waals surface area contributed by atoms with Gasteiger partial charge in [-0.2, -0.15) is 0 Å². The Hall–Kier alpha value is -3.92. The van der Waals surface area contributed by atoms with Gasteiger partial charge in [0.2, 0.25) is 0 Å². The van der Waals surface area contributed by atoms with Crippen LogP contribution >= 0.6 is 0 Å². The van der Waals surface area contributed by atoms with Gasteiger partial charge in [-0.15, -0.1) is 0 Å². The van der Waals surface area contributed by atoms with E-state index >= 15 is 0 Å². The minimum absolute atomic E-state index is 0.647. The van der Waals surface area contributed by atoms with Crippen molar-refractivity contribution in [3.05, 3.63) is 96.1 Å². The van der Waals surface area contributed by atoms with Gasteiger partial charge in [0, 0.05) is 17.8 Å². The van der Waals surface area contributed by atoms with Crippen LogP contribution in [0.2, 0.25) is 0 Å². The fraction of sp³-hybridized carbons (Fsp3) is 0.111. The van der Waals surface area contributed by atoms with E-state index in [1.54, 1.807) is 14.2 Å². The molecule has 1 aliphatic heterocycles. The van der Waals surface area contributed by atoms with Gasteiger partial charge in [0.15, 0.2) is 0 Å². The van der Waals surface area contributed by atoms with Crippen LogP contribution in [-0.4, -0.2) is 25.6 Å². The van der Waals surface area contributed by atoms with Gasteiger partial charge in [-0.25, -0.2) is 0 Å². The van der Waals surface area contributed by atoms with Crippen molar-refractivity contribution < 1.29 is 9.47 Å². The zero-order valence-corrected chi connectivity index (χ0v) is 17.7. The second kappa shape index (κ2) is 9.72. The highest BCUT2D eigenvalue weighted by atomic mass is 16.5. The standard InChI is InChI=1S/C27H24N2O2/c1-30-24-15-9-20(10-16-24)7-13-22-19-23(29-27-6-4-3-5-26(27)28-22)14-8-21-11-17-25(31-2)18-12-21/h3-18H,19H2,1-2H3. The first kappa shape index (κ1) is 20.4. The van der Waals surface area contributed by atoms with Gasteiger partial charge in [0.05, 0.1) is 25.6 Å². The molecule has 154 valence electrons. The molecule has 0 saturated heterocycles. The van der Waals surface area contributed by atoms with E-state index in [0.29, 0.717) is 6.42 Å². The van der Waals surface area contributed by atoms with Crippen LogP contribution in [0.3, 0.4) is 0 Å². The molecule has 4 rings (SSSR count). The van der Waals surface area contributed by atoms with Gasteiger partial charge in [-0.1, -0.05) is 48.6 Å². The molecule has 0 unspecified atom stereocenters. The Morgan fingerprint density at radius 2 is 1.00 bits per heavy atom. The van der Waals surface area contributed by atoms with Crippen LogP contribution in [-0.2, 0) is 0 Å². The van der Waals surface area contributed by atoms with Crippen molar-refractivity contribution in [3.63, 3.8) is 0 Å². The summed E-state index contributed by atoms with van der Waals surface area (Å²) >= 11 is 0. The first-order chi connectivity index (χ1) is 15.2. The Kier molecular flexibility index (Phi) is 6.38. The minimum Gasteiger partial charge on any atom is -0.497 e. The number of methoxy groups -OCH3 is 2. The van der Waals surface area contributed by atoms with E-state index in [4.69, 9.17) is 19.5 Å². The lowest BCUT2D eigenvalue weighted by Gasteiger charge is -2.02. The molecule has 0 aliphatic carbocycles. The number of aliphatic imine (C=N–C) groups is 2. The van der Waals surface area contributed by atoms with Gasteiger partial charge in [0.1, 0.15) is 11.5 Å². The van der Waals surface area contributed by atoms with E-state index in [2.05, 4.69) is 24.3 Å². The maximum atomic E-state index is 5.23. The third-order valence-corrected chi connectivity index (χ3v) is 4.94. The summed E-state index contributed by atoms with van der Waals surface area (Å²) in [6.45, 7) is 0. The second-order valence-electron chi connectivity index (χ2n) is 7.08. The van der Waals surface area contributed by atoms with E-state index in [0.717, 1.165) is 45.4 Å². The van der Waals surface area contributed by atoms with Crippen LogP contribution in [0, 0.1) is 0 Å². The van der Waals surface area contributed by atoms with Crippen LogP contribution in [0.5, 0.6) is 11.5 Å². The van der Waals surface area contributed by atoms with Gasteiger partial charge in [0.25, 0.3) is 0 Å². The number of benzene rings is 3. The van der Waals surface area contributed by atoms with Crippen molar-refractivity contribution in [2.75, 3.05) is 14.2 Å². The summed E-state index contributed by atoms with van der Waals surface area (Å²) in [7, 11) is 3.34. The molecule has 4 nitrogen and oxygen atoms in total. The van der Waals surface area contributed by atoms with Crippen LogP contribution in [0.1, 0.15) is 17.5 Å². The molecule has 0 bridgehead atoms. The first-order valence-corrected chi connectivity index (χ1v) is 10.1. The molecular formula is C27H24N2O2. The Balaban J connectivity index is 1.59. The number of hydrogen-bond acceptors (Lipinski definition) is 4. The van der Waals surface area contributed by atoms with Gasteiger partial charge < -0.3 is 9.47 Å². The molecule has 3 aromatic carbocycles. The van der Waals surface area contributed by atoms with Gasteiger partial charge in [-0.05, 0) is 59.7 Å². The molecule has 3 aromatic rings. The van der Waals surface area contributed by atoms with Crippen molar-refractivity contribution in [1.82, 2.24) is 0 Å². The van der Waals surface area contributed by atoms with Crippen molar-refractivity contribution >= 4 is 35.0 Å². The molecule has 0 atom stereocenters. The number of nitrogens with zero attached hydrogens (tertiary/aromatic N) is 2. The molecular weight excluding hydrogens is 384 g/mol. The minimum atomic E-state index is 0.647. The fourth-order valence-corrected chi connectivity index (χ4v) is 3.23. The SMILES string of the molecule is COc1ccc(C=CC2=Nc3ccccc3N=C(C=Cc3ccc(OC)cc3)C2)cc1. The van der Waals surface area contributed by atoms with E-state index in [-0.39, 0.29) is 0 Å². The fourth-order valence-electron chi connectivity index (χ4n) is 3.23. The monoisotopic (exact) mass is 408 g/mol. The van der Waals surface area contributed by atoms with E-state index < -0.39 is 0 Å². The summed E-state index contributed by atoms with van der Waals surface area (Å²) in [6.07, 6.45) is 8.89. The molecule has 0 amide bonds.